The summed E-state index contributed by atoms with van der Waals surface area (Å²) in [6.07, 6.45) is 3.74. The molecule has 9 aromatic rings. The zero-order valence-corrected chi connectivity index (χ0v) is 28.4. The first-order valence-corrected chi connectivity index (χ1v) is 17.5. The van der Waals surface area contributed by atoms with E-state index in [2.05, 4.69) is 158 Å². The van der Waals surface area contributed by atoms with Crippen molar-refractivity contribution in [3.8, 4) is 56.2 Å². The number of hydrogen-bond acceptors (Lipinski definition) is 3. The van der Waals surface area contributed by atoms with Crippen LogP contribution in [0.15, 0.2) is 164 Å². The average molecular weight is 652 g/mol. The fraction of sp³-hybridized carbons (Fsp3) is 0.0625. The van der Waals surface area contributed by atoms with Gasteiger partial charge in [0.05, 0.1) is 11.4 Å². The Balaban J connectivity index is 1.13. The van der Waals surface area contributed by atoms with E-state index in [-0.39, 0.29) is 5.41 Å². The third kappa shape index (κ3) is 4.69. The normalized spacial score (nSPS) is 13.1. The van der Waals surface area contributed by atoms with Crippen LogP contribution in [0.5, 0.6) is 0 Å². The summed E-state index contributed by atoms with van der Waals surface area (Å²) in [5.41, 5.74) is 12.6. The van der Waals surface area contributed by atoms with Crippen molar-refractivity contribution in [2.24, 2.45) is 0 Å². The van der Waals surface area contributed by atoms with Crippen LogP contribution in [0, 0.1) is 0 Å². The van der Waals surface area contributed by atoms with Crippen LogP contribution in [0.4, 0.5) is 0 Å². The second kappa shape index (κ2) is 11.3. The Hall–Kier alpha value is -6.45. The van der Waals surface area contributed by atoms with Gasteiger partial charge in [-0.3, -0.25) is 4.98 Å². The van der Waals surface area contributed by atoms with Gasteiger partial charge in [0, 0.05) is 39.9 Å². The van der Waals surface area contributed by atoms with Crippen LogP contribution in [-0.4, -0.2) is 15.0 Å². The monoisotopic (exact) mass is 651 g/mol. The lowest BCUT2D eigenvalue weighted by Crippen LogP contribution is -2.15. The summed E-state index contributed by atoms with van der Waals surface area (Å²) in [5.74, 6) is 0.706. The largest absolute Gasteiger partial charge is 0.264 e. The molecule has 0 amide bonds. The van der Waals surface area contributed by atoms with Crippen LogP contribution in [-0.2, 0) is 5.41 Å². The molecule has 1 aliphatic rings. The molecule has 3 heteroatoms. The number of rotatable bonds is 4. The van der Waals surface area contributed by atoms with E-state index in [1.807, 2.05) is 24.5 Å². The highest BCUT2D eigenvalue weighted by Gasteiger charge is 2.37. The summed E-state index contributed by atoms with van der Waals surface area (Å²) in [5, 5.41) is 7.17. The van der Waals surface area contributed by atoms with Crippen LogP contribution in [0.25, 0.3) is 88.5 Å². The number of pyridine rings is 1. The van der Waals surface area contributed by atoms with Crippen LogP contribution < -0.4 is 0 Å². The molecule has 0 bridgehead atoms. The zero-order valence-electron chi connectivity index (χ0n) is 28.4. The van der Waals surface area contributed by atoms with Crippen molar-refractivity contribution in [3.63, 3.8) is 0 Å². The van der Waals surface area contributed by atoms with E-state index in [9.17, 15) is 0 Å². The second-order valence-electron chi connectivity index (χ2n) is 14.1. The minimum atomic E-state index is -0.127. The van der Waals surface area contributed by atoms with Crippen LogP contribution in [0.2, 0.25) is 0 Å². The smallest absolute Gasteiger partial charge is 0.161 e. The fourth-order valence-electron chi connectivity index (χ4n) is 8.23. The SMILES string of the molecule is CC1(C)c2cc(-c3ccc(-c4nc(-c5ccccc5)cc(-c5ccc6ccncc6c5)n4)c4ccccc34)ccc2-c2ccc3ccccc3c21. The van der Waals surface area contributed by atoms with E-state index in [0.717, 1.165) is 44.2 Å². The Morgan fingerprint density at radius 1 is 0.431 bits per heavy atom. The predicted octanol–water partition coefficient (Wildman–Crippen LogP) is 12.3. The minimum Gasteiger partial charge on any atom is -0.264 e. The quantitative estimate of drug-likeness (QED) is 0.190. The van der Waals surface area contributed by atoms with Gasteiger partial charge >= 0.3 is 0 Å². The average Bonchev–Trinajstić information content (AvgIpc) is 3.43. The molecule has 0 saturated heterocycles. The molecule has 1 aliphatic carbocycles. The number of nitrogens with zero attached hydrogens (tertiary/aromatic N) is 3. The highest BCUT2D eigenvalue weighted by Crippen LogP contribution is 2.52. The molecule has 0 radical (unpaired) electrons. The van der Waals surface area contributed by atoms with Gasteiger partial charge < -0.3 is 0 Å². The third-order valence-corrected chi connectivity index (χ3v) is 10.7. The van der Waals surface area contributed by atoms with Crippen molar-refractivity contribution in [2.45, 2.75) is 19.3 Å². The lowest BCUT2D eigenvalue weighted by molar-refractivity contribution is 0.666. The van der Waals surface area contributed by atoms with Gasteiger partial charge in [-0.25, -0.2) is 9.97 Å². The summed E-state index contributed by atoms with van der Waals surface area (Å²) in [7, 11) is 0. The summed E-state index contributed by atoms with van der Waals surface area (Å²) < 4.78 is 0. The summed E-state index contributed by atoms with van der Waals surface area (Å²) in [6, 6.07) is 54.5. The van der Waals surface area contributed by atoms with Crippen LogP contribution in [0.3, 0.4) is 0 Å². The van der Waals surface area contributed by atoms with E-state index in [4.69, 9.17) is 9.97 Å². The number of fused-ring (bicyclic) bond motifs is 7. The summed E-state index contributed by atoms with van der Waals surface area (Å²) >= 11 is 0. The molecule has 7 aromatic carbocycles. The highest BCUT2D eigenvalue weighted by molar-refractivity contribution is 6.05. The van der Waals surface area contributed by atoms with Gasteiger partial charge in [-0.15, -0.1) is 0 Å². The molecule has 51 heavy (non-hydrogen) atoms. The molecule has 0 N–H and O–H groups in total. The molecule has 0 unspecified atom stereocenters. The first-order valence-electron chi connectivity index (χ1n) is 17.5. The summed E-state index contributed by atoms with van der Waals surface area (Å²) in [6.45, 7) is 4.74. The van der Waals surface area contributed by atoms with E-state index in [0.29, 0.717) is 5.82 Å². The molecule has 2 heterocycles. The lowest BCUT2D eigenvalue weighted by atomic mass is 9.79. The molecule has 2 aromatic heterocycles. The van der Waals surface area contributed by atoms with Crippen LogP contribution in [0.1, 0.15) is 25.0 Å². The molecule has 0 atom stereocenters. The van der Waals surface area contributed by atoms with Gasteiger partial charge in [-0.1, -0.05) is 135 Å². The first-order chi connectivity index (χ1) is 25.0. The van der Waals surface area contributed by atoms with Gasteiger partial charge in [-0.2, -0.15) is 0 Å². The number of benzene rings is 7. The Kier molecular flexibility index (Phi) is 6.53. The van der Waals surface area contributed by atoms with E-state index < -0.39 is 0 Å². The fourth-order valence-corrected chi connectivity index (χ4v) is 8.23. The number of hydrogen-bond donors (Lipinski definition) is 0. The molecule has 0 aliphatic heterocycles. The predicted molar refractivity (Wildman–Crippen MR) is 212 cm³/mol. The maximum Gasteiger partial charge on any atom is 0.161 e. The molecule has 0 saturated carbocycles. The van der Waals surface area contributed by atoms with E-state index >= 15 is 0 Å². The molecule has 240 valence electrons. The molecule has 10 rings (SSSR count). The number of aromatic nitrogens is 3. The minimum absolute atomic E-state index is 0.127. The van der Waals surface area contributed by atoms with Crippen molar-refractivity contribution >= 4 is 32.3 Å². The van der Waals surface area contributed by atoms with Gasteiger partial charge in [-0.05, 0) is 90.6 Å². The van der Waals surface area contributed by atoms with Crippen LogP contribution >= 0.6 is 0 Å². The maximum absolute atomic E-state index is 5.24. The third-order valence-electron chi connectivity index (χ3n) is 10.7. The van der Waals surface area contributed by atoms with E-state index in [1.165, 1.54) is 49.5 Å². The Bertz CT molecular complexity index is 2830. The van der Waals surface area contributed by atoms with Gasteiger partial charge in [0.2, 0.25) is 0 Å². The van der Waals surface area contributed by atoms with Crippen molar-refractivity contribution < 1.29 is 0 Å². The Labute approximate surface area is 297 Å². The second-order valence-corrected chi connectivity index (χ2v) is 14.1. The molecule has 3 nitrogen and oxygen atoms in total. The van der Waals surface area contributed by atoms with Crippen molar-refractivity contribution in [1.82, 2.24) is 15.0 Å². The molecule has 0 fully saturated rings. The molecule has 0 spiro atoms. The van der Waals surface area contributed by atoms with E-state index in [1.54, 1.807) is 0 Å². The standard InChI is InChI=1S/C48H33N3/c1-48(2)43-27-33(19-20-40(43)41-21-18-31-10-6-7-13-37(31)46(41)48)36-22-23-42(39-15-9-8-14-38(36)39)47-50-44(32-11-4-3-5-12-32)28-45(51-47)34-17-16-30-24-25-49-29-35(30)26-34/h3-29H,1-2H3. The summed E-state index contributed by atoms with van der Waals surface area (Å²) in [4.78, 5) is 14.8. The Morgan fingerprint density at radius 3 is 1.92 bits per heavy atom. The molecular weight excluding hydrogens is 619 g/mol. The zero-order chi connectivity index (χ0) is 34.1. The van der Waals surface area contributed by atoms with Gasteiger partial charge in [0.15, 0.2) is 5.82 Å². The molecular formula is C48H33N3. The topological polar surface area (TPSA) is 38.7 Å². The lowest BCUT2D eigenvalue weighted by Gasteiger charge is -2.24. The Morgan fingerprint density at radius 2 is 1.08 bits per heavy atom. The first kappa shape index (κ1) is 29.5. The highest BCUT2D eigenvalue weighted by atomic mass is 14.9. The van der Waals surface area contributed by atoms with Crippen molar-refractivity contribution in [3.05, 3.63) is 175 Å². The van der Waals surface area contributed by atoms with Gasteiger partial charge in [0.1, 0.15) is 0 Å². The van der Waals surface area contributed by atoms with Crippen molar-refractivity contribution in [1.29, 1.82) is 0 Å². The van der Waals surface area contributed by atoms with Gasteiger partial charge in [0.25, 0.3) is 0 Å². The van der Waals surface area contributed by atoms with Crippen molar-refractivity contribution in [2.75, 3.05) is 0 Å². The maximum atomic E-state index is 5.24.